The molecular formula is C25H26N6O4. The largest absolute Gasteiger partial charge is 0.497 e. The summed E-state index contributed by atoms with van der Waals surface area (Å²) < 4.78 is 13.0. The SMILES string of the molecule is COc1ccc(-c2cc3c(=O)n(CC(=O)N4CCN(c5ccc(OC)cc5)CC4)ncn3n2)cc1. The van der Waals surface area contributed by atoms with Gasteiger partial charge in [-0.05, 0) is 54.6 Å². The maximum absolute atomic E-state index is 13.0. The van der Waals surface area contributed by atoms with E-state index in [2.05, 4.69) is 15.1 Å². The van der Waals surface area contributed by atoms with Crippen molar-refractivity contribution < 1.29 is 14.3 Å². The van der Waals surface area contributed by atoms with E-state index in [0.717, 1.165) is 22.7 Å². The molecule has 0 spiro atoms. The van der Waals surface area contributed by atoms with E-state index in [4.69, 9.17) is 9.47 Å². The van der Waals surface area contributed by atoms with Gasteiger partial charge in [-0.1, -0.05) is 0 Å². The Kier molecular flexibility index (Phi) is 6.09. The van der Waals surface area contributed by atoms with Crippen molar-refractivity contribution in [3.05, 3.63) is 71.3 Å². The van der Waals surface area contributed by atoms with Gasteiger partial charge in [0.2, 0.25) is 5.91 Å². The van der Waals surface area contributed by atoms with E-state index in [1.807, 2.05) is 48.5 Å². The van der Waals surface area contributed by atoms with E-state index in [-0.39, 0.29) is 18.0 Å². The van der Waals surface area contributed by atoms with Crippen LogP contribution in [-0.4, -0.2) is 70.6 Å². The number of hydrogen-bond acceptors (Lipinski definition) is 7. The van der Waals surface area contributed by atoms with Crippen LogP contribution in [0.25, 0.3) is 16.8 Å². The molecule has 0 saturated carbocycles. The maximum Gasteiger partial charge on any atom is 0.293 e. The summed E-state index contributed by atoms with van der Waals surface area (Å²) in [5, 5.41) is 8.62. The Morgan fingerprint density at radius 2 is 1.54 bits per heavy atom. The third-order valence-corrected chi connectivity index (χ3v) is 6.23. The van der Waals surface area contributed by atoms with Gasteiger partial charge < -0.3 is 19.3 Å². The molecule has 180 valence electrons. The van der Waals surface area contributed by atoms with Crippen LogP contribution in [0, 0.1) is 0 Å². The number of carbonyl (C=O) groups is 1. The number of fused-ring (bicyclic) bond motifs is 1. The lowest BCUT2D eigenvalue weighted by Crippen LogP contribution is -2.50. The number of methoxy groups -OCH3 is 2. The zero-order valence-electron chi connectivity index (χ0n) is 19.6. The van der Waals surface area contributed by atoms with Crippen LogP contribution in [0.3, 0.4) is 0 Å². The molecule has 0 atom stereocenters. The summed E-state index contributed by atoms with van der Waals surface area (Å²) in [6.07, 6.45) is 1.46. The molecule has 1 amide bonds. The summed E-state index contributed by atoms with van der Waals surface area (Å²) >= 11 is 0. The Morgan fingerprint density at radius 3 is 2.17 bits per heavy atom. The molecule has 10 heteroatoms. The molecule has 1 fully saturated rings. The van der Waals surface area contributed by atoms with Crippen molar-refractivity contribution in [2.45, 2.75) is 6.54 Å². The third kappa shape index (κ3) is 4.54. The van der Waals surface area contributed by atoms with Crippen LogP contribution < -0.4 is 19.9 Å². The maximum atomic E-state index is 13.0. The van der Waals surface area contributed by atoms with Crippen molar-refractivity contribution in [3.8, 4) is 22.8 Å². The van der Waals surface area contributed by atoms with Crippen LogP contribution in [0.15, 0.2) is 65.7 Å². The lowest BCUT2D eigenvalue weighted by molar-refractivity contribution is -0.132. The molecule has 5 rings (SSSR count). The van der Waals surface area contributed by atoms with Gasteiger partial charge in [-0.15, -0.1) is 0 Å². The van der Waals surface area contributed by atoms with Crippen LogP contribution >= 0.6 is 0 Å². The van der Waals surface area contributed by atoms with E-state index < -0.39 is 0 Å². The highest BCUT2D eigenvalue weighted by molar-refractivity contribution is 5.76. The molecule has 0 N–H and O–H groups in total. The predicted molar refractivity (Wildman–Crippen MR) is 131 cm³/mol. The second-order valence-electron chi connectivity index (χ2n) is 8.25. The monoisotopic (exact) mass is 474 g/mol. The van der Waals surface area contributed by atoms with Gasteiger partial charge in [0, 0.05) is 37.4 Å². The number of carbonyl (C=O) groups excluding carboxylic acids is 1. The Hall–Kier alpha value is -4.34. The van der Waals surface area contributed by atoms with Gasteiger partial charge in [-0.3, -0.25) is 9.59 Å². The van der Waals surface area contributed by atoms with E-state index in [1.54, 1.807) is 25.2 Å². The van der Waals surface area contributed by atoms with Crippen molar-refractivity contribution in [1.82, 2.24) is 24.3 Å². The molecule has 10 nitrogen and oxygen atoms in total. The molecule has 1 aliphatic rings. The molecule has 1 saturated heterocycles. The topological polar surface area (TPSA) is 94.2 Å². The minimum atomic E-state index is -0.356. The Bertz CT molecular complexity index is 1390. The molecule has 0 unspecified atom stereocenters. The molecule has 0 bridgehead atoms. The van der Waals surface area contributed by atoms with E-state index in [0.29, 0.717) is 37.4 Å². The first-order chi connectivity index (χ1) is 17.1. The molecule has 2 aromatic heterocycles. The number of benzene rings is 2. The average molecular weight is 475 g/mol. The molecule has 4 aromatic rings. The van der Waals surface area contributed by atoms with Gasteiger partial charge in [-0.25, -0.2) is 9.20 Å². The summed E-state index contributed by atoms with van der Waals surface area (Å²) in [6, 6.07) is 17.0. The summed E-state index contributed by atoms with van der Waals surface area (Å²) in [5.41, 5.74) is 2.60. The predicted octanol–water partition coefficient (Wildman–Crippen LogP) is 1.92. The smallest absolute Gasteiger partial charge is 0.293 e. The minimum absolute atomic E-state index is 0.110. The van der Waals surface area contributed by atoms with Gasteiger partial charge in [0.25, 0.3) is 5.56 Å². The van der Waals surface area contributed by atoms with Gasteiger partial charge >= 0.3 is 0 Å². The highest BCUT2D eigenvalue weighted by atomic mass is 16.5. The first-order valence-corrected chi connectivity index (χ1v) is 11.3. The standard InChI is InChI=1S/C25H26N6O4/c1-34-20-7-3-18(4-8-20)22-15-23-25(33)30(26-17-31(23)27-22)16-24(32)29-13-11-28(12-14-29)19-5-9-21(35-2)10-6-19/h3-10,15,17H,11-14,16H2,1-2H3. The highest BCUT2D eigenvalue weighted by Crippen LogP contribution is 2.22. The zero-order valence-corrected chi connectivity index (χ0v) is 19.6. The minimum Gasteiger partial charge on any atom is -0.497 e. The van der Waals surface area contributed by atoms with Crippen LogP contribution in [0.1, 0.15) is 0 Å². The lowest BCUT2D eigenvalue weighted by Gasteiger charge is -2.36. The molecule has 1 aliphatic heterocycles. The zero-order chi connectivity index (χ0) is 24.4. The Morgan fingerprint density at radius 1 is 0.914 bits per heavy atom. The van der Waals surface area contributed by atoms with E-state index >= 15 is 0 Å². The summed E-state index contributed by atoms with van der Waals surface area (Å²) in [6.45, 7) is 2.48. The second-order valence-corrected chi connectivity index (χ2v) is 8.25. The second kappa shape index (κ2) is 9.49. The van der Waals surface area contributed by atoms with Crippen LogP contribution in [0.2, 0.25) is 0 Å². The van der Waals surface area contributed by atoms with Gasteiger partial charge in [0.05, 0.1) is 19.9 Å². The Balaban J connectivity index is 1.26. The average Bonchev–Trinajstić information content (AvgIpc) is 3.36. The number of rotatable bonds is 6. The molecular weight excluding hydrogens is 448 g/mol. The normalized spacial score (nSPS) is 13.8. The van der Waals surface area contributed by atoms with Crippen molar-refractivity contribution in [2.24, 2.45) is 0 Å². The van der Waals surface area contributed by atoms with Gasteiger partial charge in [0.1, 0.15) is 29.9 Å². The number of ether oxygens (including phenoxy) is 2. The molecule has 35 heavy (non-hydrogen) atoms. The van der Waals surface area contributed by atoms with Crippen molar-refractivity contribution in [3.63, 3.8) is 0 Å². The molecule has 2 aromatic carbocycles. The first kappa shape index (κ1) is 22.5. The quantitative estimate of drug-likeness (QED) is 0.421. The third-order valence-electron chi connectivity index (χ3n) is 6.23. The van der Waals surface area contributed by atoms with Crippen molar-refractivity contribution in [2.75, 3.05) is 45.3 Å². The Labute approximate surface area is 201 Å². The van der Waals surface area contributed by atoms with Gasteiger partial charge in [-0.2, -0.15) is 10.2 Å². The fourth-order valence-corrected chi connectivity index (χ4v) is 4.19. The van der Waals surface area contributed by atoms with Crippen molar-refractivity contribution >= 4 is 17.1 Å². The van der Waals surface area contributed by atoms with E-state index in [1.165, 1.54) is 15.5 Å². The number of amides is 1. The highest BCUT2D eigenvalue weighted by Gasteiger charge is 2.22. The summed E-state index contributed by atoms with van der Waals surface area (Å²) in [7, 11) is 3.25. The number of piperazine rings is 1. The lowest BCUT2D eigenvalue weighted by atomic mass is 10.1. The number of nitrogens with zero attached hydrogens (tertiary/aromatic N) is 6. The summed E-state index contributed by atoms with van der Waals surface area (Å²) in [4.78, 5) is 29.9. The number of hydrogen-bond donors (Lipinski definition) is 0. The fraction of sp³-hybridized carbons (Fsp3) is 0.280. The molecule has 3 heterocycles. The molecule has 0 aliphatic carbocycles. The van der Waals surface area contributed by atoms with Crippen LogP contribution in [-0.2, 0) is 11.3 Å². The van der Waals surface area contributed by atoms with Gasteiger partial charge in [0.15, 0.2) is 0 Å². The van der Waals surface area contributed by atoms with E-state index in [9.17, 15) is 9.59 Å². The molecule has 0 radical (unpaired) electrons. The van der Waals surface area contributed by atoms with Crippen molar-refractivity contribution in [1.29, 1.82) is 0 Å². The number of aromatic nitrogens is 4. The fourth-order valence-electron chi connectivity index (χ4n) is 4.19. The van der Waals surface area contributed by atoms with Crippen LogP contribution in [0.4, 0.5) is 5.69 Å². The number of anilines is 1. The summed E-state index contributed by atoms with van der Waals surface area (Å²) in [5.74, 6) is 1.42. The first-order valence-electron chi connectivity index (χ1n) is 11.3. The van der Waals surface area contributed by atoms with Crippen LogP contribution in [0.5, 0.6) is 11.5 Å².